The van der Waals surface area contributed by atoms with Crippen LogP contribution in [0.3, 0.4) is 0 Å². The molecule has 4 aliphatic rings. The molecule has 18 heteroatoms. The number of allylic oxidation sites excluding steroid dienone is 1. The number of hydrogen-bond acceptors (Lipinski definition) is 13. The first-order valence-corrected chi connectivity index (χ1v) is 36.9. The molecule has 6 aromatic carbocycles. The minimum Gasteiger partial charge on any atom is -0.497 e. The highest BCUT2D eigenvalue weighted by Gasteiger charge is 2.59. The van der Waals surface area contributed by atoms with Crippen LogP contribution in [-0.2, 0) is 47.2 Å². The molecule has 0 radical (unpaired) electrons. The maximum absolute atomic E-state index is 14.8. The van der Waals surface area contributed by atoms with Gasteiger partial charge in [0.15, 0.2) is 0 Å². The predicted octanol–water partition coefficient (Wildman–Crippen LogP) is 15.8. The number of nitrogens with zero attached hydrogens (tertiary/aromatic N) is 2. The van der Waals surface area contributed by atoms with Gasteiger partial charge in [-0.3, -0.25) is 34.6 Å². The monoisotopic (exact) mass is 1390 g/mol. The third kappa shape index (κ3) is 19.1. The number of benzene rings is 6. The number of rotatable bonds is 34. The number of anilines is 1. The number of non-ortho nitro benzene ring substituents is 1. The number of methoxy groups -OCH3 is 1. The van der Waals surface area contributed by atoms with Gasteiger partial charge in [-0.15, -0.1) is 0 Å². The second kappa shape index (κ2) is 35.6. The molecule has 4 amide bonds. The predicted molar refractivity (Wildman–Crippen MR) is 395 cm³/mol. The lowest BCUT2D eigenvalue weighted by atomic mass is 9.47. The van der Waals surface area contributed by atoms with Gasteiger partial charge in [-0.25, -0.2) is 4.79 Å². The molecule has 10 atom stereocenters. The Hall–Kier alpha value is -9.18. The van der Waals surface area contributed by atoms with Gasteiger partial charge < -0.3 is 40.2 Å². The van der Waals surface area contributed by atoms with E-state index in [1.807, 2.05) is 60.7 Å². The number of nitrogens with one attached hydrogen (secondary N) is 5. The zero-order valence-electron chi connectivity index (χ0n) is 60.2. The average Bonchev–Trinajstić information content (AvgIpc) is 1.24. The number of hydrogen-bond donors (Lipinski definition) is 5. The van der Waals surface area contributed by atoms with Crippen molar-refractivity contribution in [2.24, 2.45) is 46.3 Å². The van der Waals surface area contributed by atoms with Crippen molar-refractivity contribution in [3.63, 3.8) is 0 Å². The van der Waals surface area contributed by atoms with E-state index in [1.54, 1.807) is 61.2 Å². The number of fused-ring (bicyclic) bond motifs is 5. The van der Waals surface area contributed by atoms with Crippen molar-refractivity contribution in [3.8, 4) is 17.6 Å². The van der Waals surface area contributed by atoms with Gasteiger partial charge in [0.1, 0.15) is 30.2 Å². The molecule has 540 valence electrons. The maximum Gasteiger partial charge on any atom is 0.514 e. The molecule has 3 saturated carbocycles. The molecule has 0 saturated heterocycles. The quantitative estimate of drug-likeness (QED) is 0.00480. The standard InChI is InChI=1S/C84H103N7O11/c1-57(2)17-15-18-58(3)72-42-43-73-71-41-32-65-54-70(46-48-82(65,4)74(71)47-49-83(72,73)5)100-52-16-50-86-77(92)44-45-78(93)89-76(53-59-24-26-60(55-85)27-25-59)80(95)90-75(79(94)88-66-33-28-61(29-34-66)56-101-81(96)102-69-39-35-67(36-40-69)91(97)98)23-13-14-51-87-84(62-19-9-7-10-20-62,63-21-11-8-12-22-63)64-30-37-68(99-6)38-31-64/h7-12,19-22,24-40,57-58,70-76,87H,13-18,23,41-54,56H2,1-6H3,(H,86,92)(H,88,94)(H,89,93)(H,90,95)/t58-,70+,71+,72-,73+,74+,75+,76+,82+,83-/m1/s1. The van der Waals surface area contributed by atoms with E-state index in [0.29, 0.717) is 66.8 Å². The summed E-state index contributed by atoms with van der Waals surface area (Å²) >= 11 is 0. The Balaban J connectivity index is 0.749. The molecule has 4 aliphatic carbocycles. The Kier molecular flexibility index (Phi) is 26.4. The highest BCUT2D eigenvalue weighted by Crippen LogP contribution is 2.67. The van der Waals surface area contributed by atoms with Crippen LogP contribution in [0, 0.1) is 67.8 Å². The van der Waals surface area contributed by atoms with E-state index in [0.717, 1.165) is 77.2 Å². The lowest BCUT2D eigenvalue weighted by Gasteiger charge is -2.58. The van der Waals surface area contributed by atoms with Crippen LogP contribution in [-0.4, -0.2) is 79.7 Å². The molecule has 10 rings (SSSR count). The number of nitriles is 1. The van der Waals surface area contributed by atoms with Crippen molar-refractivity contribution < 1.29 is 47.8 Å². The summed E-state index contributed by atoms with van der Waals surface area (Å²) in [7, 11) is 1.63. The summed E-state index contributed by atoms with van der Waals surface area (Å²) in [6.45, 7) is 13.7. The number of carbonyl (C=O) groups is 5. The van der Waals surface area contributed by atoms with Gasteiger partial charge in [0.25, 0.3) is 5.69 Å². The molecule has 5 N–H and O–H groups in total. The number of nitro benzene ring substituents is 1. The largest absolute Gasteiger partial charge is 0.514 e. The van der Waals surface area contributed by atoms with Crippen LogP contribution < -0.4 is 36.1 Å². The summed E-state index contributed by atoms with van der Waals surface area (Å²) in [6, 6.07) is 46.4. The molecule has 6 aromatic rings. The topological polar surface area (TPSA) is 249 Å². The minimum atomic E-state index is -1.18. The molecular weight excluding hydrogens is 1280 g/mol. The van der Waals surface area contributed by atoms with E-state index in [4.69, 9.17) is 18.9 Å². The van der Waals surface area contributed by atoms with Gasteiger partial charge in [0.05, 0.1) is 35.3 Å². The van der Waals surface area contributed by atoms with Gasteiger partial charge in [-0.1, -0.05) is 163 Å². The van der Waals surface area contributed by atoms with E-state index < -0.39 is 46.4 Å². The molecule has 102 heavy (non-hydrogen) atoms. The summed E-state index contributed by atoms with van der Waals surface area (Å²) in [4.78, 5) is 79.7. The fourth-order valence-corrected chi connectivity index (χ4v) is 17.2. The van der Waals surface area contributed by atoms with Crippen LogP contribution in [0.25, 0.3) is 0 Å². The molecule has 0 heterocycles. The Morgan fingerprint density at radius 3 is 2.00 bits per heavy atom. The Morgan fingerprint density at radius 1 is 0.667 bits per heavy atom. The average molecular weight is 1390 g/mol. The number of carbonyl (C=O) groups excluding carboxylic acids is 5. The molecule has 0 spiro atoms. The van der Waals surface area contributed by atoms with E-state index in [9.17, 15) is 39.3 Å². The van der Waals surface area contributed by atoms with Crippen molar-refractivity contribution in [2.45, 2.75) is 181 Å². The first-order valence-electron chi connectivity index (χ1n) is 36.9. The number of ether oxygens (including phenoxy) is 4. The third-order valence-corrected chi connectivity index (χ3v) is 22.7. The molecule has 0 bridgehead atoms. The van der Waals surface area contributed by atoms with Crippen LogP contribution >= 0.6 is 0 Å². The van der Waals surface area contributed by atoms with Gasteiger partial charge in [0.2, 0.25) is 23.6 Å². The van der Waals surface area contributed by atoms with Crippen LogP contribution in [0.1, 0.15) is 177 Å². The fraction of sp³-hybridized carbons (Fsp3) is 0.476. The summed E-state index contributed by atoms with van der Waals surface area (Å²) < 4.78 is 22.5. The van der Waals surface area contributed by atoms with E-state index in [2.05, 4.69) is 97.6 Å². The smallest absolute Gasteiger partial charge is 0.497 e. The lowest BCUT2D eigenvalue weighted by Crippen LogP contribution is -2.53. The van der Waals surface area contributed by atoms with Crippen LogP contribution in [0.2, 0.25) is 0 Å². The molecule has 0 unspecified atom stereocenters. The summed E-state index contributed by atoms with van der Waals surface area (Å²) in [6.07, 6.45) is 17.2. The Morgan fingerprint density at radius 2 is 1.33 bits per heavy atom. The summed E-state index contributed by atoms with van der Waals surface area (Å²) in [5.74, 6) is 3.57. The third-order valence-electron chi connectivity index (χ3n) is 22.7. The molecule has 18 nitrogen and oxygen atoms in total. The minimum absolute atomic E-state index is 0.0162. The second-order valence-electron chi connectivity index (χ2n) is 29.6. The van der Waals surface area contributed by atoms with Crippen LogP contribution in [0.15, 0.2) is 169 Å². The van der Waals surface area contributed by atoms with Crippen molar-refractivity contribution >= 4 is 41.2 Å². The van der Waals surface area contributed by atoms with Crippen molar-refractivity contribution in [1.82, 2.24) is 21.3 Å². The van der Waals surface area contributed by atoms with Gasteiger partial charge in [-0.05, 0) is 206 Å². The first kappa shape index (κ1) is 75.5. The lowest BCUT2D eigenvalue weighted by molar-refractivity contribution is -0.384. The van der Waals surface area contributed by atoms with Crippen molar-refractivity contribution in [2.75, 3.05) is 32.1 Å². The van der Waals surface area contributed by atoms with E-state index in [-0.39, 0.29) is 61.2 Å². The zero-order valence-corrected chi connectivity index (χ0v) is 60.2. The van der Waals surface area contributed by atoms with E-state index >= 15 is 0 Å². The first-order chi connectivity index (χ1) is 49.3. The molecule has 3 fully saturated rings. The molecule has 0 aliphatic heterocycles. The summed E-state index contributed by atoms with van der Waals surface area (Å²) in [5, 5.41) is 36.3. The maximum atomic E-state index is 14.8. The van der Waals surface area contributed by atoms with Crippen molar-refractivity contribution in [3.05, 3.63) is 213 Å². The van der Waals surface area contributed by atoms with Gasteiger partial charge >= 0.3 is 6.16 Å². The second-order valence-corrected chi connectivity index (χ2v) is 29.6. The Labute approximate surface area is 602 Å². The molecule has 0 aromatic heterocycles. The summed E-state index contributed by atoms with van der Waals surface area (Å²) in [5.41, 5.74) is 6.36. The van der Waals surface area contributed by atoms with Crippen molar-refractivity contribution in [1.29, 1.82) is 5.26 Å². The Bertz CT molecular complexity index is 3800. The SMILES string of the molecule is COc1ccc(C(NCCCC[C@H](NC(=O)[C@H](Cc2ccc(C#N)cc2)NC(=O)CCC(=O)NCCCO[C@H]2CC[C@@]3(C)C(=CC[C@H]4[C@@H]5CC[C@H]([C@H](C)CCCC(C)C)[C@@]5(C)CC[C@@H]43)C2)C(=O)Nc2ccc(COC(=O)Oc3ccc([N+](=O)[O-])cc3)cc2)(c2ccccc2)c2ccccc2)cc1. The number of nitro groups is 1. The van der Waals surface area contributed by atoms with Crippen LogP contribution in [0.5, 0.6) is 11.5 Å². The number of unbranched alkanes of at least 4 members (excludes halogenated alkanes) is 1. The number of amides is 4. The highest BCUT2D eigenvalue weighted by atomic mass is 16.7. The van der Waals surface area contributed by atoms with E-state index in [1.165, 1.54) is 75.6 Å². The van der Waals surface area contributed by atoms with Gasteiger partial charge in [-0.2, -0.15) is 5.26 Å². The zero-order chi connectivity index (χ0) is 72.2. The molecular formula is C84H103N7O11. The van der Waals surface area contributed by atoms with Gasteiger partial charge in [0, 0.05) is 50.2 Å². The fourth-order valence-electron chi connectivity index (χ4n) is 17.2. The normalized spacial score (nSPS) is 21.4. The van der Waals surface area contributed by atoms with Crippen LogP contribution in [0.4, 0.5) is 16.2 Å². The highest BCUT2D eigenvalue weighted by molar-refractivity contribution is 5.98.